The van der Waals surface area contributed by atoms with Gasteiger partial charge in [0, 0.05) is 37.0 Å². The van der Waals surface area contributed by atoms with Crippen molar-refractivity contribution in [1.29, 1.82) is 0 Å². The number of hydrogen-bond acceptors (Lipinski definition) is 6. The molecule has 0 aromatic carbocycles. The van der Waals surface area contributed by atoms with E-state index in [-0.39, 0.29) is 41.8 Å². The second-order valence-corrected chi connectivity index (χ2v) is 9.54. The number of fused-ring (bicyclic) bond motifs is 2. The van der Waals surface area contributed by atoms with Gasteiger partial charge in [0.05, 0.1) is 23.9 Å². The molecule has 3 fully saturated rings. The zero-order chi connectivity index (χ0) is 23.7. The van der Waals surface area contributed by atoms with Gasteiger partial charge in [0.15, 0.2) is 0 Å². The van der Waals surface area contributed by atoms with E-state index in [9.17, 15) is 9.59 Å². The van der Waals surface area contributed by atoms with Crippen molar-refractivity contribution < 1.29 is 19.1 Å². The first-order valence-corrected chi connectivity index (χ1v) is 12.2. The Balaban J connectivity index is 1.37. The Morgan fingerprint density at radius 1 is 1.26 bits per heavy atom. The lowest BCUT2D eigenvalue weighted by Gasteiger charge is -2.48. The van der Waals surface area contributed by atoms with Crippen molar-refractivity contribution in [2.24, 2.45) is 29.6 Å². The number of nitrogens with zero attached hydrogens (tertiary/aromatic N) is 3. The first-order chi connectivity index (χ1) is 16.5. The van der Waals surface area contributed by atoms with Crippen LogP contribution in [0.3, 0.4) is 0 Å². The fourth-order valence-corrected chi connectivity index (χ4v) is 6.14. The number of allylic oxidation sites excluding steroid dienone is 1. The Labute approximate surface area is 200 Å². The number of hydrogen-bond donors (Lipinski definition) is 0. The van der Waals surface area contributed by atoms with Crippen LogP contribution in [0.15, 0.2) is 48.8 Å². The summed E-state index contributed by atoms with van der Waals surface area (Å²) in [5.41, 5.74) is 2.75. The quantitative estimate of drug-likeness (QED) is 0.626. The molecule has 1 saturated carbocycles. The topological polar surface area (TPSA) is 81.6 Å². The summed E-state index contributed by atoms with van der Waals surface area (Å²) in [6, 6.07) is 9.86. The van der Waals surface area contributed by atoms with E-state index >= 15 is 0 Å². The lowest BCUT2D eigenvalue weighted by molar-refractivity contribution is -0.144. The highest BCUT2D eigenvalue weighted by atomic mass is 16.6. The second kappa shape index (κ2) is 9.57. The number of aromatic nitrogens is 2. The molecule has 2 aromatic rings. The van der Waals surface area contributed by atoms with Gasteiger partial charge in [0.1, 0.15) is 6.10 Å². The highest BCUT2D eigenvalue weighted by Crippen LogP contribution is 2.51. The number of carbonyl (C=O) groups is 2. The van der Waals surface area contributed by atoms with Gasteiger partial charge < -0.3 is 14.4 Å². The second-order valence-electron chi connectivity index (χ2n) is 9.54. The molecular weight excluding hydrogens is 430 g/mol. The van der Waals surface area contributed by atoms with E-state index in [1.54, 1.807) is 11.1 Å². The van der Waals surface area contributed by atoms with Crippen molar-refractivity contribution in [3.8, 4) is 11.3 Å². The zero-order valence-electron chi connectivity index (χ0n) is 19.7. The van der Waals surface area contributed by atoms with Crippen LogP contribution >= 0.6 is 0 Å². The van der Waals surface area contributed by atoms with E-state index in [4.69, 9.17) is 9.47 Å². The number of rotatable bonds is 4. The SMILES string of the molecule is CCOC(=O)N1CCC2C(CC3C(=O)O[C@H](C)C3C2/C=C/c2ccc(-c3ccccn3)cn2)C1. The molecule has 0 bridgehead atoms. The average Bonchev–Trinajstić information content (AvgIpc) is 3.15. The van der Waals surface area contributed by atoms with E-state index in [0.29, 0.717) is 25.6 Å². The Morgan fingerprint density at radius 2 is 2.15 bits per heavy atom. The van der Waals surface area contributed by atoms with Gasteiger partial charge in [-0.3, -0.25) is 14.8 Å². The van der Waals surface area contributed by atoms with Gasteiger partial charge in [-0.05, 0) is 74.8 Å². The average molecular weight is 462 g/mol. The van der Waals surface area contributed by atoms with Crippen molar-refractivity contribution in [3.05, 3.63) is 54.5 Å². The van der Waals surface area contributed by atoms with Gasteiger partial charge >= 0.3 is 12.1 Å². The molecule has 2 saturated heterocycles. The third kappa shape index (κ3) is 4.31. The third-order valence-electron chi connectivity index (χ3n) is 7.66. The maximum absolute atomic E-state index is 12.6. The Morgan fingerprint density at radius 3 is 2.88 bits per heavy atom. The molecule has 1 aliphatic carbocycles. The molecule has 0 N–H and O–H groups in total. The Kier molecular flexibility index (Phi) is 6.35. The van der Waals surface area contributed by atoms with Crippen LogP contribution < -0.4 is 0 Å². The molecule has 4 heterocycles. The van der Waals surface area contributed by atoms with E-state index in [1.165, 1.54) is 0 Å². The van der Waals surface area contributed by atoms with Crippen molar-refractivity contribution in [2.75, 3.05) is 19.7 Å². The molecule has 1 amide bonds. The van der Waals surface area contributed by atoms with Gasteiger partial charge in [0.25, 0.3) is 0 Å². The lowest BCUT2D eigenvalue weighted by atomic mass is 9.59. The van der Waals surface area contributed by atoms with Crippen molar-refractivity contribution in [3.63, 3.8) is 0 Å². The molecule has 7 nitrogen and oxygen atoms in total. The van der Waals surface area contributed by atoms with Crippen molar-refractivity contribution in [2.45, 2.75) is 32.8 Å². The number of pyridine rings is 2. The van der Waals surface area contributed by atoms with Crippen LogP contribution in [0.2, 0.25) is 0 Å². The van der Waals surface area contributed by atoms with Crippen LogP contribution in [0.5, 0.6) is 0 Å². The molecule has 34 heavy (non-hydrogen) atoms. The van der Waals surface area contributed by atoms with Gasteiger partial charge in [-0.1, -0.05) is 12.1 Å². The first-order valence-electron chi connectivity index (χ1n) is 12.2. The molecular formula is C27H31N3O4. The largest absolute Gasteiger partial charge is 0.462 e. The molecule has 6 atom stereocenters. The minimum atomic E-state index is -0.255. The summed E-state index contributed by atoms with van der Waals surface area (Å²) >= 11 is 0. The minimum Gasteiger partial charge on any atom is -0.462 e. The van der Waals surface area contributed by atoms with E-state index < -0.39 is 0 Å². The van der Waals surface area contributed by atoms with E-state index in [0.717, 1.165) is 29.8 Å². The van der Waals surface area contributed by atoms with Gasteiger partial charge in [-0.2, -0.15) is 0 Å². The van der Waals surface area contributed by atoms with Crippen LogP contribution in [0, 0.1) is 29.6 Å². The van der Waals surface area contributed by atoms with Gasteiger partial charge in [-0.25, -0.2) is 4.79 Å². The van der Waals surface area contributed by atoms with Crippen LogP contribution in [-0.2, 0) is 14.3 Å². The zero-order valence-corrected chi connectivity index (χ0v) is 19.7. The summed E-state index contributed by atoms with van der Waals surface area (Å²) in [6.45, 7) is 5.52. The maximum atomic E-state index is 12.6. The summed E-state index contributed by atoms with van der Waals surface area (Å²) in [6.07, 6.45) is 9.24. The number of cyclic esters (lactones) is 1. The Bertz CT molecular complexity index is 1060. The molecule has 2 aromatic heterocycles. The predicted octanol–water partition coefficient (Wildman–Crippen LogP) is 4.45. The number of esters is 1. The minimum absolute atomic E-state index is 0.0968. The molecule has 3 aliphatic rings. The summed E-state index contributed by atoms with van der Waals surface area (Å²) in [5.74, 6) is 0.797. The van der Waals surface area contributed by atoms with Crippen LogP contribution in [0.1, 0.15) is 32.4 Å². The number of carbonyl (C=O) groups excluding carboxylic acids is 2. The highest BCUT2D eigenvalue weighted by molar-refractivity contribution is 5.76. The highest BCUT2D eigenvalue weighted by Gasteiger charge is 2.54. The predicted molar refractivity (Wildman–Crippen MR) is 127 cm³/mol. The number of amides is 1. The molecule has 5 rings (SSSR count). The standard InChI is InChI=1S/C27H31N3O4/c1-3-33-27(32)30-13-11-21-19(16-30)14-23-25(17(2)34-26(23)31)22(21)10-9-20-8-7-18(15-29-20)24-6-4-5-12-28-24/h4-10,12,15,17,19,21-23,25H,3,11,13-14,16H2,1-2H3/b10-9+/t17-,19?,21?,22?,23?,25?/m1/s1. The summed E-state index contributed by atoms with van der Waals surface area (Å²) in [4.78, 5) is 35.8. The molecule has 2 aliphatic heterocycles. The molecule has 0 radical (unpaired) electrons. The summed E-state index contributed by atoms with van der Waals surface area (Å²) in [5, 5.41) is 0. The van der Waals surface area contributed by atoms with Crippen LogP contribution in [-0.4, -0.2) is 52.7 Å². The number of likely N-dealkylation sites (tertiary alicyclic amines) is 1. The number of ether oxygens (including phenoxy) is 2. The Hall–Kier alpha value is -3.22. The number of piperidine rings is 1. The van der Waals surface area contributed by atoms with Gasteiger partial charge in [-0.15, -0.1) is 0 Å². The summed E-state index contributed by atoms with van der Waals surface area (Å²) < 4.78 is 10.9. The molecule has 0 spiro atoms. The van der Waals surface area contributed by atoms with Crippen molar-refractivity contribution in [1.82, 2.24) is 14.9 Å². The third-order valence-corrected chi connectivity index (χ3v) is 7.66. The van der Waals surface area contributed by atoms with Crippen LogP contribution in [0.25, 0.3) is 17.3 Å². The fourth-order valence-electron chi connectivity index (χ4n) is 6.14. The first kappa shape index (κ1) is 22.6. The van der Waals surface area contributed by atoms with Gasteiger partial charge in [0.2, 0.25) is 0 Å². The molecule has 178 valence electrons. The van der Waals surface area contributed by atoms with Crippen LogP contribution in [0.4, 0.5) is 4.79 Å². The lowest BCUT2D eigenvalue weighted by Crippen LogP contribution is -2.51. The van der Waals surface area contributed by atoms with E-state index in [1.807, 2.05) is 50.4 Å². The smallest absolute Gasteiger partial charge is 0.409 e. The fraction of sp³-hybridized carbons (Fsp3) is 0.481. The van der Waals surface area contributed by atoms with E-state index in [2.05, 4.69) is 22.1 Å². The maximum Gasteiger partial charge on any atom is 0.409 e. The molecule has 7 heteroatoms. The van der Waals surface area contributed by atoms with Crippen molar-refractivity contribution >= 4 is 18.1 Å². The molecule has 5 unspecified atom stereocenters. The monoisotopic (exact) mass is 461 g/mol. The summed E-state index contributed by atoms with van der Waals surface area (Å²) in [7, 11) is 0. The normalized spacial score (nSPS) is 30.5.